The van der Waals surface area contributed by atoms with Crippen LogP contribution in [0.4, 0.5) is 4.79 Å². The summed E-state index contributed by atoms with van der Waals surface area (Å²) in [6, 6.07) is 12.0. The maximum absolute atomic E-state index is 13.0. The second kappa shape index (κ2) is 7.69. The van der Waals surface area contributed by atoms with Crippen molar-refractivity contribution in [2.75, 3.05) is 19.7 Å². The van der Waals surface area contributed by atoms with Crippen LogP contribution in [0.3, 0.4) is 0 Å². The van der Waals surface area contributed by atoms with Crippen molar-refractivity contribution in [1.82, 2.24) is 15.2 Å². The van der Waals surface area contributed by atoms with Gasteiger partial charge in [0.15, 0.2) is 0 Å². The fourth-order valence-electron chi connectivity index (χ4n) is 4.29. The maximum atomic E-state index is 13.0. The Labute approximate surface area is 160 Å². The van der Waals surface area contributed by atoms with Crippen LogP contribution in [0.5, 0.6) is 0 Å². The van der Waals surface area contributed by atoms with Crippen molar-refractivity contribution in [3.63, 3.8) is 0 Å². The van der Waals surface area contributed by atoms with Gasteiger partial charge in [-0.3, -0.25) is 4.98 Å². The summed E-state index contributed by atoms with van der Waals surface area (Å²) in [7, 11) is 0. The maximum Gasteiger partial charge on any atom is 0.318 e. The molecule has 0 radical (unpaired) electrons. The molecule has 5 heteroatoms. The lowest BCUT2D eigenvalue weighted by molar-refractivity contribution is -0.0362. The Balaban J connectivity index is 1.50. The van der Waals surface area contributed by atoms with Gasteiger partial charge in [-0.2, -0.15) is 0 Å². The number of hydrogen-bond donors (Lipinski definition) is 1. The fraction of sp³-hybridized carbons (Fsp3) is 0.455. The van der Waals surface area contributed by atoms with Crippen molar-refractivity contribution in [3.05, 3.63) is 65.5 Å². The van der Waals surface area contributed by atoms with E-state index in [2.05, 4.69) is 29.4 Å². The molecule has 3 heterocycles. The number of hydrogen-bond acceptors (Lipinski definition) is 3. The highest BCUT2D eigenvalue weighted by atomic mass is 16.5. The lowest BCUT2D eigenvalue weighted by atomic mass is 9.89. The van der Waals surface area contributed by atoms with Gasteiger partial charge < -0.3 is 15.0 Å². The molecule has 2 saturated heterocycles. The summed E-state index contributed by atoms with van der Waals surface area (Å²) >= 11 is 0. The highest BCUT2D eigenvalue weighted by Crippen LogP contribution is 2.35. The predicted octanol–water partition coefficient (Wildman–Crippen LogP) is 3.83. The topological polar surface area (TPSA) is 54.5 Å². The predicted molar refractivity (Wildman–Crippen MR) is 105 cm³/mol. The molecular weight excluding hydrogens is 338 g/mol. The van der Waals surface area contributed by atoms with Crippen LogP contribution in [0.1, 0.15) is 48.4 Å². The number of aromatic nitrogens is 1. The van der Waals surface area contributed by atoms with Crippen LogP contribution < -0.4 is 5.32 Å². The van der Waals surface area contributed by atoms with Gasteiger partial charge in [0.1, 0.15) is 0 Å². The molecule has 1 spiro atoms. The molecule has 1 aromatic carbocycles. The Morgan fingerprint density at radius 1 is 1.15 bits per heavy atom. The summed E-state index contributed by atoms with van der Waals surface area (Å²) < 4.78 is 5.98. The lowest BCUT2D eigenvalue weighted by Crippen LogP contribution is -2.50. The van der Waals surface area contributed by atoms with Crippen molar-refractivity contribution < 1.29 is 9.53 Å². The Morgan fingerprint density at radius 3 is 2.56 bits per heavy atom. The minimum Gasteiger partial charge on any atom is -0.375 e. The Kier molecular flexibility index (Phi) is 5.12. The second-order valence-corrected chi connectivity index (χ2v) is 7.64. The molecule has 5 nitrogen and oxygen atoms in total. The minimum absolute atomic E-state index is 0.00656. The molecular formula is C22H27N3O2. The molecule has 2 aliphatic rings. The quantitative estimate of drug-likeness (QED) is 0.899. The normalized spacial score (nSPS) is 19.8. The monoisotopic (exact) mass is 365 g/mol. The number of urea groups is 1. The third kappa shape index (κ3) is 3.83. The average Bonchev–Trinajstić information content (AvgIpc) is 3.16. The highest BCUT2D eigenvalue weighted by molar-refractivity contribution is 5.75. The van der Waals surface area contributed by atoms with Gasteiger partial charge in [-0.1, -0.05) is 24.3 Å². The van der Waals surface area contributed by atoms with Gasteiger partial charge in [-0.05, 0) is 61.4 Å². The van der Waals surface area contributed by atoms with Crippen LogP contribution in [-0.2, 0) is 4.74 Å². The van der Waals surface area contributed by atoms with Crippen LogP contribution in [0.25, 0.3) is 0 Å². The second-order valence-electron chi connectivity index (χ2n) is 7.64. The van der Waals surface area contributed by atoms with E-state index in [-0.39, 0.29) is 17.7 Å². The van der Waals surface area contributed by atoms with E-state index in [0.29, 0.717) is 0 Å². The molecule has 0 saturated carbocycles. The van der Waals surface area contributed by atoms with Crippen molar-refractivity contribution in [1.29, 1.82) is 0 Å². The van der Waals surface area contributed by atoms with Gasteiger partial charge >= 0.3 is 6.03 Å². The summed E-state index contributed by atoms with van der Waals surface area (Å²) in [6.45, 7) is 4.45. The van der Waals surface area contributed by atoms with E-state index < -0.39 is 0 Å². The number of benzene rings is 1. The molecule has 0 aliphatic carbocycles. The lowest BCUT2D eigenvalue weighted by Gasteiger charge is -2.39. The number of aryl methyl sites for hydroxylation is 1. The van der Waals surface area contributed by atoms with Crippen molar-refractivity contribution >= 4 is 6.03 Å². The zero-order valence-electron chi connectivity index (χ0n) is 15.9. The highest BCUT2D eigenvalue weighted by Gasteiger charge is 2.39. The van der Waals surface area contributed by atoms with Gasteiger partial charge in [-0.25, -0.2) is 4.79 Å². The molecule has 2 amide bonds. The van der Waals surface area contributed by atoms with E-state index >= 15 is 0 Å². The third-order valence-corrected chi connectivity index (χ3v) is 5.95. The number of nitrogens with zero attached hydrogens (tertiary/aromatic N) is 2. The van der Waals surface area contributed by atoms with E-state index in [0.717, 1.165) is 62.1 Å². The molecule has 27 heavy (non-hydrogen) atoms. The number of piperidine rings is 1. The average molecular weight is 365 g/mol. The van der Waals surface area contributed by atoms with Crippen LogP contribution in [0, 0.1) is 6.92 Å². The number of pyridine rings is 1. The van der Waals surface area contributed by atoms with Crippen molar-refractivity contribution in [2.45, 2.75) is 44.2 Å². The van der Waals surface area contributed by atoms with Crippen molar-refractivity contribution in [3.8, 4) is 0 Å². The zero-order chi connectivity index (χ0) is 18.7. The van der Waals surface area contributed by atoms with E-state index in [1.54, 1.807) is 12.4 Å². The standard InChI is InChI=1S/C22H27N3O2/c1-17-5-2-3-6-19(17)20(18-7-12-23-13-8-18)24-21(26)25-14-10-22(11-15-25)9-4-16-27-22/h2-3,5-8,12-13,20H,4,9-11,14-16H2,1H3,(H,24,26)/t20-/m0/s1. The number of carbonyl (C=O) groups excluding carboxylic acids is 1. The van der Waals surface area contributed by atoms with Gasteiger partial charge in [0.2, 0.25) is 0 Å². The smallest absolute Gasteiger partial charge is 0.318 e. The van der Waals surface area contributed by atoms with Gasteiger partial charge in [0.05, 0.1) is 11.6 Å². The first-order valence-corrected chi connectivity index (χ1v) is 9.82. The summed E-state index contributed by atoms with van der Waals surface area (Å²) in [5, 5.41) is 3.26. The number of carbonyl (C=O) groups is 1. The summed E-state index contributed by atoms with van der Waals surface area (Å²) in [5.41, 5.74) is 3.35. The minimum atomic E-state index is -0.180. The van der Waals surface area contributed by atoms with Crippen LogP contribution >= 0.6 is 0 Å². The SMILES string of the molecule is Cc1ccccc1[C@@H](NC(=O)N1CCC2(CCCO2)CC1)c1ccncc1. The largest absolute Gasteiger partial charge is 0.375 e. The summed E-state index contributed by atoms with van der Waals surface area (Å²) in [5.74, 6) is 0. The number of nitrogens with one attached hydrogen (secondary N) is 1. The molecule has 0 bridgehead atoms. The Morgan fingerprint density at radius 2 is 1.89 bits per heavy atom. The van der Waals surface area contributed by atoms with E-state index in [4.69, 9.17) is 4.74 Å². The van der Waals surface area contributed by atoms with E-state index in [1.165, 1.54) is 0 Å². The zero-order valence-corrected chi connectivity index (χ0v) is 15.9. The molecule has 0 unspecified atom stereocenters. The summed E-state index contributed by atoms with van der Waals surface area (Å²) in [4.78, 5) is 19.1. The van der Waals surface area contributed by atoms with Crippen molar-refractivity contribution in [2.24, 2.45) is 0 Å². The fourth-order valence-corrected chi connectivity index (χ4v) is 4.29. The Bertz CT molecular complexity index is 777. The van der Waals surface area contributed by atoms with Gasteiger partial charge in [0, 0.05) is 32.1 Å². The first kappa shape index (κ1) is 18.0. The van der Waals surface area contributed by atoms with Crippen LogP contribution in [0.15, 0.2) is 48.8 Å². The van der Waals surface area contributed by atoms with Gasteiger partial charge in [0.25, 0.3) is 0 Å². The van der Waals surface area contributed by atoms with Crippen LogP contribution in [0.2, 0.25) is 0 Å². The van der Waals surface area contributed by atoms with E-state index in [9.17, 15) is 4.79 Å². The number of likely N-dealkylation sites (tertiary alicyclic amines) is 1. The molecule has 2 aliphatic heterocycles. The first-order chi connectivity index (χ1) is 13.2. The first-order valence-electron chi connectivity index (χ1n) is 9.82. The molecule has 142 valence electrons. The number of rotatable bonds is 3. The molecule has 4 rings (SSSR count). The number of ether oxygens (including phenoxy) is 1. The van der Waals surface area contributed by atoms with Gasteiger partial charge in [-0.15, -0.1) is 0 Å². The molecule has 2 fully saturated rings. The van der Waals surface area contributed by atoms with Crippen LogP contribution in [-0.4, -0.2) is 41.2 Å². The van der Waals surface area contributed by atoms with E-state index in [1.807, 2.05) is 29.2 Å². The molecule has 1 aromatic heterocycles. The Hall–Kier alpha value is -2.40. The third-order valence-electron chi connectivity index (χ3n) is 5.95. The molecule has 2 aromatic rings. The summed E-state index contributed by atoms with van der Waals surface area (Å²) in [6.07, 6.45) is 7.69. The number of amides is 2. The molecule has 1 N–H and O–H groups in total. The molecule has 1 atom stereocenters.